The van der Waals surface area contributed by atoms with Crippen molar-refractivity contribution >= 4 is 10.9 Å². The number of para-hydroxylation sites is 1. The predicted molar refractivity (Wildman–Crippen MR) is 102 cm³/mol. The Kier molecular flexibility index (Phi) is 3.69. The highest BCUT2D eigenvalue weighted by atomic mass is 15.0. The lowest BCUT2D eigenvalue weighted by atomic mass is 10.0. The highest BCUT2D eigenvalue weighted by molar-refractivity contribution is 5.87. The van der Waals surface area contributed by atoms with Crippen molar-refractivity contribution in [2.24, 2.45) is 11.3 Å². The predicted octanol–water partition coefficient (Wildman–Crippen LogP) is 5.65. The van der Waals surface area contributed by atoms with Crippen molar-refractivity contribution in [3.05, 3.63) is 71.4 Å². The number of rotatable bonds is 4. The molecule has 0 unspecified atom stereocenters. The summed E-state index contributed by atoms with van der Waals surface area (Å²) in [6, 6.07) is 21.8. The number of benzene rings is 2. The van der Waals surface area contributed by atoms with Gasteiger partial charge in [-0.2, -0.15) is 5.26 Å². The van der Waals surface area contributed by atoms with Gasteiger partial charge in [0.05, 0.1) is 6.07 Å². The summed E-state index contributed by atoms with van der Waals surface area (Å²) in [4.78, 5) is 0. The first-order chi connectivity index (χ1) is 12.1. The quantitative estimate of drug-likeness (QED) is 0.608. The van der Waals surface area contributed by atoms with Gasteiger partial charge in [-0.1, -0.05) is 62.4 Å². The summed E-state index contributed by atoms with van der Waals surface area (Å²) in [7, 11) is 0. The molecule has 4 rings (SSSR count). The summed E-state index contributed by atoms with van der Waals surface area (Å²) in [5.74, 6) is 0.946. The molecule has 0 radical (unpaired) electrons. The van der Waals surface area contributed by atoms with Crippen molar-refractivity contribution in [3.63, 3.8) is 0 Å². The summed E-state index contributed by atoms with van der Waals surface area (Å²) in [5.41, 5.74) is 5.64. The third-order valence-electron chi connectivity index (χ3n) is 6.14. The lowest BCUT2D eigenvalue weighted by Crippen LogP contribution is -2.02. The van der Waals surface area contributed by atoms with E-state index in [1.807, 2.05) is 0 Å². The van der Waals surface area contributed by atoms with Crippen molar-refractivity contribution < 1.29 is 0 Å². The number of aromatic nitrogens is 1. The maximum atomic E-state index is 9.20. The summed E-state index contributed by atoms with van der Waals surface area (Å²) in [6.45, 7) is 7.75. The second kappa shape index (κ2) is 5.77. The van der Waals surface area contributed by atoms with Crippen LogP contribution in [0.15, 0.2) is 54.6 Å². The minimum atomic E-state index is 0.211. The Morgan fingerprint density at radius 3 is 2.44 bits per heavy atom. The number of nitrogens with zero attached hydrogens (tertiary/aromatic N) is 2. The third-order valence-corrected chi connectivity index (χ3v) is 6.14. The molecule has 2 atom stereocenters. The molecule has 1 aliphatic carbocycles. The van der Waals surface area contributed by atoms with Gasteiger partial charge < -0.3 is 4.57 Å². The smallest absolute Gasteiger partial charge is 0.0625 e. The molecule has 3 aromatic rings. The van der Waals surface area contributed by atoms with Crippen LogP contribution in [0.3, 0.4) is 0 Å². The zero-order chi connectivity index (χ0) is 17.6. The molecule has 1 saturated carbocycles. The van der Waals surface area contributed by atoms with Crippen LogP contribution >= 0.6 is 0 Å². The molecule has 126 valence electrons. The minimum Gasteiger partial charge on any atom is -0.340 e. The van der Waals surface area contributed by atoms with Crippen molar-refractivity contribution in [1.82, 2.24) is 4.57 Å². The van der Waals surface area contributed by atoms with Crippen LogP contribution in [0.2, 0.25) is 0 Å². The highest BCUT2D eigenvalue weighted by Crippen LogP contribution is 2.67. The molecule has 0 bridgehead atoms. The number of hydrogen-bond acceptors (Lipinski definition) is 1. The Labute approximate surface area is 149 Å². The largest absolute Gasteiger partial charge is 0.340 e. The molecule has 2 heteroatoms. The zero-order valence-electron chi connectivity index (χ0n) is 15.2. The van der Waals surface area contributed by atoms with E-state index in [1.54, 1.807) is 0 Å². The van der Waals surface area contributed by atoms with Gasteiger partial charge in [-0.05, 0) is 41.4 Å². The van der Waals surface area contributed by atoms with E-state index in [4.69, 9.17) is 0 Å². The standard InChI is InChI=1S/C23H24N2/c1-16-21(22-19(13-14-24)23(22,2)3)18-11-7-8-12-20(18)25(16)15-17-9-5-4-6-10-17/h4-12,19,22H,13,15H2,1-3H3/t19-,22-/m1/s1. The molecule has 1 aromatic heterocycles. The molecule has 1 fully saturated rings. The summed E-state index contributed by atoms with van der Waals surface area (Å²) in [5, 5.41) is 10.6. The average Bonchev–Trinajstić information content (AvgIpc) is 3.02. The van der Waals surface area contributed by atoms with Crippen LogP contribution < -0.4 is 0 Å². The lowest BCUT2D eigenvalue weighted by molar-refractivity contribution is 0.559. The highest BCUT2D eigenvalue weighted by Gasteiger charge is 2.59. The molecule has 2 nitrogen and oxygen atoms in total. The fraction of sp³-hybridized carbons (Fsp3) is 0.348. The van der Waals surface area contributed by atoms with Crippen LogP contribution in [-0.2, 0) is 6.54 Å². The second-order valence-electron chi connectivity index (χ2n) is 7.86. The second-order valence-corrected chi connectivity index (χ2v) is 7.86. The number of fused-ring (bicyclic) bond motifs is 1. The van der Waals surface area contributed by atoms with E-state index in [2.05, 4.69) is 86.0 Å². The third kappa shape index (κ3) is 2.46. The molecule has 0 saturated heterocycles. The summed E-state index contributed by atoms with van der Waals surface area (Å²) in [6.07, 6.45) is 0.648. The maximum Gasteiger partial charge on any atom is 0.0625 e. The topological polar surface area (TPSA) is 28.7 Å². The van der Waals surface area contributed by atoms with Crippen LogP contribution in [0.1, 0.15) is 43.0 Å². The molecule has 0 aliphatic heterocycles. The fourth-order valence-corrected chi connectivity index (χ4v) is 4.62. The Morgan fingerprint density at radius 2 is 1.72 bits per heavy atom. The first-order valence-electron chi connectivity index (χ1n) is 9.04. The van der Waals surface area contributed by atoms with Gasteiger partial charge in [-0.3, -0.25) is 0 Å². The van der Waals surface area contributed by atoms with Crippen LogP contribution in [0.4, 0.5) is 0 Å². The number of nitriles is 1. The van der Waals surface area contributed by atoms with Crippen molar-refractivity contribution in [3.8, 4) is 6.07 Å². The van der Waals surface area contributed by atoms with E-state index in [0.29, 0.717) is 18.3 Å². The van der Waals surface area contributed by atoms with Crippen LogP contribution in [0.25, 0.3) is 10.9 Å². The van der Waals surface area contributed by atoms with Crippen LogP contribution in [0, 0.1) is 29.6 Å². The van der Waals surface area contributed by atoms with Crippen molar-refractivity contribution in [2.75, 3.05) is 0 Å². The zero-order valence-corrected chi connectivity index (χ0v) is 15.2. The molecule has 2 aromatic carbocycles. The Morgan fingerprint density at radius 1 is 1.04 bits per heavy atom. The fourth-order valence-electron chi connectivity index (χ4n) is 4.62. The van der Waals surface area contributed by atoms with E-state index in [1.165, 1.54) is 27.7 Å². The van der Waals surface area contributed by atoms with Crippen molar-refractivity contribution in [2.45, 2.75) is 39.7 Å². The molecule has 0 spiro atoms. The molecule has 25 heavy (non-hydrogen) atoms. The summed E-state index contributed by atoms with van der Waals surface area (Å²) < 4.78 is 2.44. The molecule has 1 heterocycles. The molecule has 1 aliphatic rings. The van der Waals surface area contributed by atoms with Crippen LogP contribution in [0.5, 0.6) is 0 Å². The van der Waals surface area contributed by atoms with E-state index < -0.39 is 0 Å². The van der Waals surface area contributed by atoms with Gasteiger partial charge in [0, 0.05) is 29.6 Å². The first kappa shape index (κ1) is 16.0. The van der Waals surface area contributed by atoms with Crippen LogP contribution in [-0.4, -0.2) is 4.57 Å². The van der Waals surface area contributed by atoms with Gasteiger partial charge in [0.1, 0.15) is 0 Å². The van der Waals surface area contributed by atoms with Gasteiger partial charge in [-0.15, -0.1) is 0 Å². The molecular weight excluding hydrogens is 304 g/mol. The normalized spacial score (nSPS) is 21.2. The molecule has 0 N–H and O–H groups in total. The molecular formula is C23H24N2. The monoisotopic (exact) mass is 328 g/mol. The van der Waals surface area contributed by atoms with Gasteiger partial charge in [0.25, 0.3) is 0 Å². The van der Waals surface area contributed by atoms with Gasteiger partial charge in [0.15, 0.2) is 0 Å². The Bertz CT molecular complexity index is 957. The minimum absolute atomic E-state index is 0.211. The van der Waals surface area contributed by atoms with E-state index in [-0.39, 0.29) is 5.41 Å². The Balaban J connectivity index is 1.84. The van der Waals surface area contributed by atoms with E-state index in [9.17, 15) is 5.26 Å². The van der Waals surface area contributed by atoms with E-state index in [0.717, 1.165) is 6.54 Å². The average molecular weight is 328 g/mol. The van der Waals surface area contributed by atoms with Gasteiger partial charge in [0.2, 0.25) is 0 Å². The van der Waals surface area contributed by atoms with E-state index >= 15 is 0 Å². The SMILES string of the molecule is Cc1c([C@H]2[C@@H](CC#N)C2(C)C)c2ccccc2n1Cc1ccccc1. The van der Waals surface area contributed by atoms with Gasteiger partial charge in [-0.25, -0.2) is 0 Å². The van der Waals surface area contributed by atoms with Gasteiger partial charge >= 0.3 is 0 Å². The first-order valence-corrected chi connectivity index (χ1v) is 9.04. The maximum absolute atomic E-state index is 9.20. The van der Waals surface area contributed by atoms with Crippen molar-refractivity contribution in [1.29, 1.82) is 5.26 Å². The number of hydrogen-bond donors (Lipinski definition) is 0. The lowest BCUT2D eigenvalue weighted by Gasteiger charge is -2.09. The Hall–Kier alpha value is -2.53. The summed E-state index contributed by atoms with van der Waals surface area (Å²) >= 11 is 0. The molecule has 0 amide bonds.